The third-order valence-electron chi connectivity index (χ3n) is 3.73. The monoisotopic (exact) mass is 373 g/mol. The molecule has 2 aromatic carbocycles. The van der Waals surface area contributed by atoms with Gasteiger partial charge >= 0.3 is 6.03 Å². The van der Waals surface area contributed by atoms with Crippen LogP contribution in [0.25, 0.3) is 0 Å². The molecule has 0 fully saturated rings. The lowest BCUT2D eigenvalue weighted by Crippen LogP contribution is -2.32. The van der Waals surface area contributed by atoms with Crippen LogP contribution in [0.5, 0.6) is 11.5 Å². The zero-order valence-corrected chi connectivity index (χ0v) is 15.4. The van der Waals surface area contributed by atoms with Crippen molar-refractivity contribution in [1.29, 1.82) is 0 Å². The van der Waals surface area contributed by atoms with Gasteiger partial charge in [0, 0.05) is 25.2 Å². The fourth-order valence-corrected chi connectivity index (χ4v) is 2.37. The first kappa shape index (κ1) is 20.1. The number of hydrogen-bond donors (Lipinski definition) is 4. The number of amides is 3. The number of aliphatic hydroxyl groups is 1. The average molecular weight is 373 g/mol. The van der Waals surface area contributed by atoms with E-state index in [1.54, 1.807) is 49.6 Å². The van der Waals surface area contributed by atoms with E-state index in [0.717, 1.165) is 0 Å². The number of urea groups is 1. The van der Waals surface area contributed by atoms with Crippen molar-refractivity contribution in [3.8, 4) is 11.5 Å². The van der Waals surface area contributed by atoms with Gasteiger partial charge in [-0.2, -0.15) is 0 Å². The molecule has 0 heterocycles. The standard InChI is InChI=1S/C19H23N3O5/c1-12(23)21-16-9-6-14(10-18(16)27-3)22-19(25)20-11-17(24)13-4-7-15(26-2)8-5-13/h4-10,17,24H,11H2,1-3H3,(H,21,23)(H2,20,22,25). The van der Waals surface area contributed by atoms with Crippen molar-refractivity contribution in [2.45, 2.75) is 13.0 Å². The molecule has 0 aliphatic heterocycles. The fraction of sp³-hybridized carbons (Fsp3) is 0.263. The Morgan fingerprint density at radius 3 is 2.33 bits per heavy atom. The van der Waals surface area contributed by atoms with Crippen molar-refractivity contribution in [2.75, 3.05) is 31.4 Å². The van der Waals surface area contributed by atoms with Crippen LogP contribution >= 0.6 is 0 Å². The third-order valence-corrected chi connectivity index (χ3v) is 3.73. The molecule has 0 saturated carbocycles. The summed E-state index contributed by atoms with van der Waals surface area (Å²) in [7, 11) is 3.03. The van der Waals surface area contributed by atoms with Crippen LogP contribution in [0.3, 0.4) is 0 Å². The third kappa shape index (κ3) is 5.89. The summed E-state index contributed by atoms with van der Waals surface area (Å²) in [5, 5.41) is 18.0. The largest absolute Gasteiger partial charge is 0.497 e. The lowest BCUT2D eigenvalue weighted by molar-refractivity contribution is -0.114. The number of aliphatic hydroxyl groups excluding tert-OH is 1. The van der Waals surface area contributed by atoms with Crippen LogP contribution in [0.15, 0.2) is 42.5 Å². The highest BCUT2D eigenvalue weighted by atomic mass is 16.5. The minimum atomic E-state index is -0.849. The summed E-state index contributed by atoms with van der Waals surface area (Å²) in [5.74, 6) is 0.883. The van der Waals surface area contributed by atoms with Crippen molar-refractivity contribution in [3.05, 3.63) is 48.0 Å². The molecule has 8 heteroatoms. The Morgan fingerprint density at radius 1 is 1.04 bits per heavy atom. The summed E-state index contributed by atoms with van der Waals surface area (Å²) in [6, 6.07) is 11.3. The molecule has 3 amide bonds. The molecule has 4 N–H and O–H groups in total. The number of benzene rings is 2. The van der Waals surface area contributed by atoms with Crippen LogP contribution in [0.4, 0.5) is 16.2 Å². The molecule has 2 aromatic rings. The Kier molecular flexibility index (Phi) is 7.01. The fourth-order valence-electron chi connectivity index (χ4n) is 2.37. The number of carbonyl (C=O) groups is 2. The minimum Gasteiger partial charge on any atom is -0.497 e. The Morgan fingerprint density at radius 2 is 1.74 bits per heavy atom. The van der Waals surface area contributed by atoms with Crippen LogP contribution in [0, 0.1) is 0 Å². The molecular weight excluding hydrogens is 350 g/mol. The van der Waals surface area contributed by atoms with Crippen molar-refractivity contribution < 1.29 is 24.2 Å². The van der Waals surface area contributed by atoms with Gasteiger partial charge in [0.2, 0.25) is 5.91 Å². The summed E-state index contributed by atoms with van der Waals surface area (Å²) < 4.78 is 10.3. The lowest BCUT2D eigenvalue weighted by atomic mass is 10.1. The van der Waals surface area contributed by atoms with Gasteiger partial charge in [0.25, 0.3) is 0 Å². The summed E-state index contributed by atoms with van der Waals surface area (Å²) in [5.41, 5.74) is 1.65. The molecular formula is C19H23N3O5. The van der Waals surface area contributed by atoms with Gasteiger partial charge < -0.3 is 30.5 Å². The molecule has 1 atom stereocenters. The van der Waals surface area contributed by atoms with Crippen LogP contribution in [0.2, 0.25) is 0 Å². The van der Waals surface area contributed by atoms with E-state index in [1.807, 2.05) is 0 Å². The van der Waals surface area contributed by atoms with E-state index < -0.39 is 12.1 Å². The SMILES string of the molecule is COc1ccc(C(O)CNC(=O)Nc2ccc(NC(C)=O)c(OC)c2)cc1. The molecule has 0 aliphatic rings. The van der Waals surface area contributed by atoms with E-state index in [2.05, 4.69) is 16.0 Å². The van der Waals surface area contributed by atoms with Gasteiger partial charge in [0.15, 0.2) is 0 Å². The number of ether oxygens (including phenoxy) is 2. The van der Waals surface area contributed by atoms with Gasteiger partial charge in [-0.3, -0.25) is 4.79 Å². The van der Waals surface area contributed by atoms with Crippen molar-refractivity contribution in [1.82, 2.24) is 5.32 Å². The Bertz CT molecular complexity index is 792. The summed E-state index contributed by atoms with van der Waals surface area (Å²) >= 11 is 0. The highest BCUT2D eigenvalue weighted by Crippen LogP contribution is 2.28. The molecule has 0 saturated heterocycles. The van der Waals surface area contributed by atoms with E-state index in [4.69, 9.17) is 9.47 Å². The number of methoxy groups -OCH3 is 2. The van der Waals surface area contributed by atoms with E-state index in [-0.39, 0.29) is 12.5 Å². The predicted molar refractivity (Wildman–Crippen MR) is 102 cm³/mol. The van der Waals surface area contributed by atoms with Crippen molar-refractivity contribution in [3.63, 3.8) is 0 Å². The Labute approximate surface area is 157 Å². The second-order valence-electron chi connectivity index (χ2n) is 5.72. The normalized spacial score (nSPS) is 11.3. The van der Waals surface area contributed by atoms with Gasteiger partial charge in [-0.05, 0) is 29.8 Å². The lowest BCUT2D eigenvalue weighted by Gasteiger charge is -2.14. The van der Waals surface area contributed by atoms with Gasteiger partial charge in [-0.1, -0.05) is 12.1 Å². The smallest absolute Gasteiger partial charge is 0.319 e. The Balaban J connectivity index is 1.91. The van der Waals surface area contributed by atoms with E-state index in [9.17, 15) is 14.7 Å². The number of carbonyl (C=O) groups excluding carboxylic acids is 2. The highest BCUT2D eigenvalue weighted by Gasteiger charge is 2.11. The van der Waals surface area contributed by atoms with Crippen molar-refractivity contribution >= 4 is 23.3 Å². The highest BCUT2D eigenvalue weighted by molar-refractivity contribution is 5.93. The second-order valence-corrected chi connectivity index (χ2v) is 5.72. The van der Waals surface area contributed by atoms with Crippen molar-refractivity contribution in [2.24, 2.45) is 0 Å². The maximum absolute atomic E-state index is 12.0. The first-order chi connectivity index (χ1) is 12.9. The van der Waals surface area contributed by atoms with Crippen LogP contribution in [-0.4, -0.2) is 37.8 Å². The van der Waals surface area contributed by atoms with Crippen LogP contribution in [-0.2, 0) is 4.79 Å². The van der Waals surface area contributed by atoms with Crippen LogP contribution in [0.1, 0.15) is 18.6 Å². The molecule has 8 nitrogen and oxygen atoms in total. The molecule has 0 aromatic heterocycles. The van der Waals surface area contributed by atoms with E-state index in [0.29, 0.717) is 28.4 Å². The van der Waals surface area contributed by atoms with Gasteiger partial charge in [-0.25, -0.2) is 4.79 Å². The summed E-state index contributed by atoms with van der Waals surface area (Å²) in [6.07, 6.45) is -0.849. The quantitative estimate of drug-likeness (QED) is 0.596. The second kappa shape index (κ2) is 9.44. The average Bonchev–Trinajstić information content (AvgIpc) is 2.67. The molecule has 144 valence electrons. The molecule has 1 unspecified atom stereocenters. The number of nitrogens with one attached hydrogen (secondary N) is 3. The number of hydrogen-bond acceptors (Lipinski definition) is 5. The zero-order valence-electron chi connectivity index (χ0n) is 15.4. The number of rotatable bonds is 7. The first-order valence-corrected chi connectivity index (χ1v) is 8.25. The molecule has 0 bridgehead atoms. The van der Waals surface area contributed by atoms with Gasteiger partial charge in [0.1, 0.15) is 11.5 Å². The van der Waals surface area contributed by atoms with E-state index >= 15 is 0 Å². The molecule has 0 spiro atoms. The van der Waals surface area contributed by atoms with Crippen LogP contribution < -0.4 is 25.4 Å². The summed E-state index contributed by atoms with van der Waals surface area (Å²) in [4.78, 5) is 23.2. The minimum absolute atomic E-state index is 0.0409. The molecule has 2 rings (SSSR count). The first-order valence-electron chi connectivity index (χ1n) is 8.25. The number of anilines is 2. The maximum Gasteiger partial charge on any atom is 0.319 e. The summed E-state index contributed by atoms with van der Waals surface area (Å²) in [6.45, 7) is 1.44. The molecule has 27 heavy (non-hydrogen) atoms. The maximum atomic E-state index is 12.0. The van der Waals surface area contributed by atoms with Gasteiger partial charge in [0.05, 0.1) is 26.0 Å². The van der Waals surface area contributed by atoms with Gasteiger partial charge in [-0.15, -0.1) is 0 Å². The predicted octanol–water partition coefficient (Wildman–Crippen LogP) is 2.52. The Hall–Kier alpha value is -3.26. The molecule has 0 radical (unpaired) electrons. The topological polar surface area (TPSA) is 109 Å². The zero-order chi connectivity index (χ0) is 19.8. The van der Waals surface area contributed by atoms with E-state index in [1.165, 1.54) is 14.0 Å². The molecule has 0 aliphatic carbocycles.